The summed E-state index contributed by atoms with van der Waals surface area (Å²) in [6.45, 7) is 4.29. The van der Waals surface area contributed by atoms with E-state index >= 15 is 0 Å². The van der Waals surface area contributed by atoms with E-state index in [1.165, 1.54) is 24.8 Å². The van der Waals surface area contributed by atoms with Crippen molar-refractivity contribution in [3.63, 3.8) is 0 Å². The van der Waals surface area contributed by atoms with Gasteiger partial charge in [-0.05, 0) is 69.3 Å². The van der Waals surface area contributed by atoms with Crippen molar-refractivity contribution >= 4 is 21.9 Å². The summed E-state index contributed by atoms with van der Waals surface area (Å²) in [5.41, 5.74) is 3.75. The summed E-state index contributed by atoms with van der Waals surface area (Å²) in [6.07, 6.45) is 11.1. The third-order valence-electron chi connectivity index (χ3n) is 8.78. The molecule has 1 saturated heterocycles. The zero-order chi connectivity index (χ0) is 25.2. The Morgan fingerprint density at radius 1 is 1.11 bits per heavy atom. The van der Waals surface area contributed by atoms with Gasteiger partial charge in [-0.3, -0.25) is 4.98 Å². The van der Waals surface area contributed by atoms with Crippen LogP contribution >= 0.6 is 0 Å². The minimum atomic E-state index is -2.70. The predicted molar refractivity (Wildman–Crippen MR) is 139 cm³/mol. The number of pyridine rings is 2. The van der Waals surface area contributed by atoms with Crippen molar-refractivity contribution in [2.24, 2.45) is 0 Å². The number of rotatable bonds is 6. The number of nitrogens with one attached hydrogen (secondary N) is 3. The number of hydrogen-bond donors (Lipinski definition) is 3. The molecule has 4 aromatic heterocycles. The van der Waals surface area contributed by atoms with Gasteiger partial charge in [0.05, 0.1) is 22.8 Å². The number of alkyl halides is 2. The zero-order valence-electron chi connectivity index (χ0n) is 21.0. The fourth-order valence-corrected chi connectivity index (χ4v) is 5.94. The molecule has 2 aliphatic carbocycles. The topological polar surface area (TPSA) is 91.4 Å². The molecule has 9 heteroatoms. The first kappa shape index (κ1) is 23.1. The number of H-pyrrole nitrogens is 1. The van der Waals surface area contributed by atoms with Crippen molar-refractivity contribution in [2.75, 3.05) is 13.1 Å². The molecule has 0 aromatic carbocycles. The SMILES string of the molecule is CC1(c2cc3c(-c4nc(CNC5CCNCC5)c5c(C6CCC6)cncc5n4)ccnc3[nH]2)CC1(F)F. The van der Waals surface area contributed by atoms with Crippen LogP contribution in [-0.4, -0.2) is 50.0 Å². The maximum absolute atomic E-state index is 14.1. The van der Waals surface area contributed by atoms with Gasteiger partial charge in [0.25, 0.3) is 5.92 Å². The number of aromatic nitrogens is 5. The highest BCUT2D eigenvalue weighted by molar-refractivity contribution is 5.94. The van der Waals surface area contributed by atoms with Gasteiger partial charge in [-0.25, -0.2) is 23.7 Å². The summed E-state index contributed by atoms with van der Waals surface area (Å²) in [7, 11) is 0. The summed E-state index contributed by atoms with van der Waals surface area (Å²) in [6, 6.07) is 4.13. The van der Waals surface area contributed by atoms with Gasteiger partial charge in [-0.1, -0.05) is 6.42 Å². The molecule has 7 nitrogen and oxygen atoms in total. The Labute approximate surface area is 213 Å². The van der Waals surface area contributed by atoms with E-state index in [2.05, 4.69) is 25.6 Å². The Kier molecular flexibility index (Phi) is 5.30. The zero-order valence-corrected chi connectivity index (χ0v) is 21.0. The Morgan fingerprint density at radius 3 is 2.65 bits per heavy atom. The van der Waals surface area contributed by atoms with Gasteiger partial charge in [-0.15, -0.1) is 0 Å². The van der Waals surface area contributed by atoms with E-state index < -0.39 is 11.3 Å². The van der Waals surface area contributed by atoms with Crippen molar-refractivity contribution in [1.82, 2.24) is 35.6 Å². The van der Waals surface area contributed by atoms with Crippen LogP contribution in [0.2, 0.25) is 0 Å². The molecule has 1 unspecified atom stereocenters. The molecular weight excluding hydrogens is 472 g/mol. The number of piperidine rings is 1. The third-order valence-corrected chi connectivity index (χ3v) is 8.78. The summed E-state index contributed by atoms with van der Waals surface area (Å²) in [5.74, 6) is -1.62. The molecule has 3 aliphatic rings. The number of hydrogen-bond acceptors (Lipinski definition) is 6. The molecule has 5 heterocycles. The summed E-state index contributed by atoms with van der Waals surface area (Å²) < 4.78 is 28.3. The van der Waals surface area contributed by atoms with Crippen LogP contribution in [0.4, 0.5) is 8.78 Å². The average molecular weight is 504 g/mol. The monoisotopic (exact) mass is 503 g/mol. The Balaban J connectivity index is 1.34. The lowest BCUT2D eigenvalue weighted by Crippen LogP contribution is -2.39. The summed E-state index contributed by atoms with van der Waals surface area (Å²) >= 11 is 0. The van der Waals surface area contributed by atoms with Gasteiger partial charge >= 0.3 is 0 Å². The summed E-state index contributed by atoms with van der Waals surface area (Å²) in [4.78, 5) is 22.2. The average Bonchev–Trinajstić information content (AvgIpc) is 3.18. The number of nitrogens with zero attached hydrogens (tertiary/aromatic N) is 4. The second-order valence-electron chi connectivity index (χ2n) is 11.2. The van der Waals surface area contributed by atoms with Crippen LogP contribution in [0.15, 0.2) is 30.7 Å². The molecule has 3 fully saturated rings. The van der Waals surface area contributed by atoms with Gasteiger partial charge in [0, 0.05) is 53.4 Å². The maximum Gasteiger partial charge on any atom is 0.260 e. The fraction of sp³-hybridized carbons (Fsp3) is 0.500. The molecule has 2 saturated carbocycles. The lowest BCUT2D eigenvalue weighted by molar-refractivity contribution is 0.0912. The van der Waals surface area contributed by atoms with E-state index in [-0.39, 0.29) is 6.42 Å². The first-order valence-corrected chi connectivity index (χ1v) is 13.4. The normalized spacial score (nSPS) is 24.0. The van der Waals surface area contributed by atoms with Gasteiger partial charge in [-0.2, -0.15) is 0 Å². The standard InChI is InChI=1S/C28H31F2N7/c1-27(15-28(27,29)30)23-11-19-18(7-10-33-25(19)37-23)26-35-21-13-32-12-20(16-3-2-4-16)24(21)22(36-26)14-34-17-5-8-31-9-6-17/h7,10-13,16-17,31,34H,2-6,8-9,14-15H2,1H3,(H,33,37). The van der Waals surface area contributed by atoms with E-state index in [4.69, 9.17) is 9.97 Å². The summed E-state index contributed by atoms with van der Waals surface area (Å²) in [5, 5.41) is 9.03. The maximum atomic E-state index is 14.1. The minimum Gasteiger partial charge on any atom is -0.342 e. The van der Waals surface area contributed by atoms with Crippen LogP contribution in [0.25, 0.3) is 33.3 Å². The van der Waals surface area contributed by atoms with E-state index in [0.717, 1.165) is 53.5 Å². The molecule has 7 rings (SSSR count). The first-order valence-electron chi connectivity index (χ1n) is 13.4. The Hall–Kier alpha value is -3.04. The lowest BCUT2D eigenvalue weighted by atomic mass is 9.79. The highest BCUT2D eigenvalue weighted by atomic mass is 19.3. The van der Waals surface area contributed by atoms with Crippen molar-refractivity contribution in [2.45, 2.75) is 75.3 Å². The van der Waals surface area contributed by atoms with Crippen molar-refractivity contribution in [1.29, 1.82) is 0 Å². The molecule has 1 atom stereocenters. The second kappa shape index (κ2) is 8.49. The van der Waals surface area contributed by atoms with Gasteiger partial charge in [0.2, 0.25) is 0 Å². The molecule has 4 aromatic rings. The van der Waals surface area contributed by atoms with Crippen LogP contribution in [0.5, 0.6) is 0 Å². The smallest absolute Gasteiger partial charge is 0.260 e. The first-order chi connectivity index (χ1) is 17.9. The van der Waals surface area contributed by atoms with Crippen LogP contribution in [0.1, 0.15) is 68.3 Å². The van der Waals surface area contributed by atoms with Crippen LogP contribution in [0.3, 0.4) is 0 Å². The van der Waals surface area contributed by atoms with Crippen molar-refractivity contribution in [3.8, 4) is 11.4 Å². The highest BCUT2D eigenvalue weighted by Crippen LogP contribution is 2.61. The second-order valence-corrected chi connectivity index (χ2v) is 11.2. The number of halogens is 2. The molecule has 192 valence electrons. The highest BCUT2D eigenvalue weighted by Gasteiger charge is 2.69. The molecule has 37 heavy (non-hydrogen) atoms. The molecule has 0 spiro atoms. The quantitative estimate of drug-likeness (QED) is 0.344. The number of aromatic amines is 1. The number of fused-ring (bicyclic) bond motifs is 2. The van der Waals surface area contributed by atoms with Crippen LogP contribution in [-0.2, 0) is 12.0 Å². The van der Waals surface area contributed by atoms with E-state index in [1.54, 1.807) is 13.1 Å². The van der Waals surface area contributed by atoms with E-state index in [9.17, 15) is 8.78 Å². The van der Waals surface area contributed by atoms with E-state index in [0.29, 0.717) is 35.7 Å². The van der Waals surface area contributed by atoms with Crippen molar-refractivity contribution in [3.05, 3.63) is 47.7 Å². The Morgan fingerprint density at radius 2 is 1.92 bits per heavy atom. The molecule has 0 radical (unpaired) electrons. The fourth-order valence-electron chi connectivity index (χ4n) is 5.94. The molecule has 3 N–H and O–H groups in total. The van der Waals surface area contributed by atoms with Crippen molar-refractivity contribution < 1.29 is 8.78 Å². The van der Waals surface area contributed by atoms with Gasteiger partial charge in [0.15, 0.2) is 5.82 Å². The van der Waals surface area contributed by atoms with Gasteiger partial charge in [0.1, 0.15) is 5.65 Å². The molecule has 0 amide bonds. The van der Waals surface area contributed by atoms with Gasteiger partial charge < -0.3 is 15.6 Å². The molecule has 1 aliphatic heterocycles. The Bertz CT molecular complexity index is 1490. The predicted octanol–water partition coefficient (Wildman–Crippen LogP) is 4.97. The minimum absolute atomic E-state index is 0.156. The lowest BCUT2D eigenvalue weighted by Gasteiger charge is -2.28. The van der Waals surface area contributed by atoms with E-state index in [1.807, 2.05) is 24.5 Å². The molecule has 0 bridgehead atoms. The third kappa shape index (κ3) is 3.82. The van der Waals surface area contributed by atoms with Crippen LogP contribution < -0.4 is 10.6 Å². The molecular formula is C28H31F2N7. The van der Waals surface area contributed by atoms with Crippen LogP contribution in [0, 0.1) is 0 Å². The largest absolute Gasteiger partial charge is 0.342 e.